The second kappa shape index (κ2) is 6.83. The van der Waals surface area contributed by atoms with Crippen LogP contribution in [0.3, 0.4) is 0 Å². The Morgan fingerprint density at radius 3 is 2.91 bits per heavy atom. The van der Waals surface area contributed by atoms with Crippen molar-refractivity contribution in [3.63, 3.8) is 0 Å². The van der Waals surface area contributed by atoms with Gasteiger partial charge >= 0.3 is 5.69 Å². The third-order valence-corrected chi connectivity index (χ3v) is 5.98. The molecule has 0 amide bonds. The zero-order valence-electron chi connectivity index (χ0n) is 17.2. The fourth-order valence-electron chi connectivity index (χ4n) is 4.31. The lowest BCUT2D eigenvalue weighted by Crippen LogP contribution is -2.38. The van der Waals surface area contributed by atoms with Gasteiger partial charge in [-0.2, -0.15) is 14.9 Å². The van der Waals surface area contributed by atoms with Crippen molar-refractivity contribution in [2.45, 2.75) is 13.1 Å². The Kier molecular flexibility index (Phi) is 3.91. The minimum atomic E-state index is -0.368. The van der Waals surface area contributed by atoms with Gasteiger partial charge in [0.2, 0.25) is 5.88 Å². The number of para-hydroxylation sites is 1. The van der Waals surface area contributed by atoms with E-state index in [9.17, 15) is 15.2 Å². The molecule has 4 N–H and O–H groups in total. The van der Waals surface area contributed by atoms with Crippen LogP contribution in [0, 0.1) is 11.3 Å². The summed E-state index contributed by atoms with van der Waals surface area (Å²) in [5, 5.41) is 25.3. The molecule has 5 heterocycles. The zero-order chi connectivity index (χ0) is 22.7. The lowest BCUT2D eigenvalue weighted by Gasteiger charge is -2.29. The van der Waals surface area contributed by atoms with Gasteiger partial charge < -0.3 is 15.7 Å². The highest BCUT2D eigenvalue weighted by Gasteiger charge is 2.27. The Morgan fingerprint density at radius 2 is 2.06 bits per heavy atom. The molecule has 33 heavy (non-hydrogen) atoms. The fourth-order valence-corrected chi connectivity index (χ4v) is 4.31. The molecule has 1 aromatic carbocycles. The smallest absolute Gasteiger partial charge is 0.328 e. The van der Waals surface area contributed by atoms with Crippen molar-refractivity contribution in [3.8, 4) is 23.1 Å². The van der Waals surface area contributed by atoms with E-state index in [2.05, 4.69) is 21.1 Å². The van der Waals surface area contributed by atoms with Crippen LogP contribution in [0.15, 0.2) is 47.5 Å². The minimum Gasteiger partial charge on any atom is -0.493 e. The first-order chi connectivity index (χ1) is 16.0. The predicted molar refractivity (Wildman–Crippen MR) is 121 cm³/mol. The van der Waals surface area contributed by atoms with E-state index in [0.717, 1.165) is 22.0 Å². The van der Waals surface area contributed by atoms with E-state index in [1.54, 1.807) is 12.4 Å². The number of fused-ring (bicyclic) bond motifs is 3. The molecule has 5 aromatic rings. The van der Waals surface area contributed by atoms with Gasteiger partial charge in [0.25, 0.3) is 0 Å². The van der Waals surface area contributed by atoms with Gasteiger partial charge in [-0.1, -0.05) is 18.2 Å². The number of imidazole rings is 1. The lowest BCUT2D eigenvalue weighted by molar-refractivity contribution is 0.439. The lowest BCUT2D eigenvalue weighted by atomic mass is 10.1. The van der Waals surface area contributed by atoms with E-state index >= 15 is 0 Å². The van der Waals surface area contributed by atoms with Crippen LogP contribution in [0.25, 0.3) is 27.7 Å². The van der Waals surface area contributed by atoms with E-state index in [-0.39, 0.29) is 29.5 Å². The number of benzene rings is 1. The highest BCUT2D eigenvalue weighted by molar-refractivity contribution is 5.87. The van der Waals surface area contributed by atoms with Gasteiger partial charge in [0.1, 0.15) is 23.1 Å². The van der Waals surface area contributed by atoms with Gasteiger partial charge in [-0.25, -0.2) is 9.78 Å². The molecule has 0 spiro atoms. The Hall–Kier alpha value is -4.85. The molecule has 0 unspecified atom stereocenters. The third kappa shape index (κ3) is 2.74. The topological polar surface area (TPSA) is 154 Å². The molecule has 162 valence electrons. The second-order valence-corrected chi connectivity index (χ2v) is 7.82. The number of pyridine rings is 1. The maximum atomic E-state index is 12.0. The van der Waals surface area contributed by atoms with Crippen molar-refractivity contribution in [1.82, 2.24) is 29.1 Å². The summed E-state index contributed by atoms with van der Waals surface area (Å²) in [6.45, 7) is 0.953. The Labute approximate surface area is 186 Å². The van der Waals surface area contributed by atoms with Gasteiger partial charge in [0, 0.05) is 35.8 Å². The Morgan fingerprint density at radius 1 is 1.21 bits per heavy atom. The number of aromatic hydroxyl groups is 1. The number of anilines is 2. The first-order valence-electron chi connectivity index (χ1n) is 10.2. The number of aromatic amines is 1. The van der Waals surface area contributed by atoms with E-state index in [1.165, 1.54) is 9.08 Å². The van der Waals surface area contributed by atoms with E-state index in [1.807, 2.05) is 35.2 Å². The molecule has 4 aromatic heterocycles. The summed E-state index contributed by atoms with van der Waals surface area (Å²) in [7, 11) is 0. The maximum Gasteiger partial charge on any atom is 0.328 e. The molecule has 1 aliphatic heterocycles. The number of hydrogen-bond donors (Lipinski definition) is 3. The summed E-state index contributed by atoms with van der Waals surface area (Å²) in [5.41, 5.74) is 9.49. The molecule has 11 nitrogen and oxygen atoms in total. The van der Waals surface area contributed by atoms with Crippen LogP contribution in [-0.4, -0.2) is 40.8 Å². The van der Waals surface area contributed by atoms with Crippen LogP contribution in [-0.2, 0) is 13.1 Å². The number of aromatic nitrogens is 6. The highest BCUT2D eigenvalue weighted by Crippen LogP contribution is 2.33. The van der Waals surface area contributed by atoms with Crippen LogP contribution in [0.4, 0.5) is 11.6 Å². The first-order valence-corrected chi connectivity index (χ1v) is 10.2. The van der Waals surface area contributed by atoms with Crippen molar-refractivity contribution in [2.24, 2.45) is 0 Å². The van der Waals surface area contributed by atoms with Crippen LogP contribution in [0.5, 0.6) is 5.88 Å². The fraction of sp³-hybridized carbons (Fsp3) is 0.136. The predicted octanol–water partition coefficient (Wildman–Crippen LogP) is 1.61. The molecule has 0 saturated heterocycles. The summed E-state index contributed by atoms with van der Waals surface area (Å²) in [5.74, 6) is 0.348. The molecule has 11 heteroatoms. The van der Waals surface area contributed by atoms with Gasteiger partial charge in [-0.15, -0.1) is 0 Å². The van der Waals surface area contributed by atoms with Crippen molar-refractivity contribution < 1.29 is 5.11 Å². The molecule has 0 radical (unpaired) electrons. The van der Waals surface area contributed by atoms with Gasteiger partial charge in [0.15, 0.2) is 11.5 Å². The minimum absolute atomic E-state index is 0.166. The summed E-state index contributed by atoms with van der Waals surface area (Å²) in [6, 6.07) is 11.9. The standard InChI is InChI=1S/C22H17N9O2/c23-8-14-18(24)31-20(15(10-26-31)13-7-12-3-1-2-4-16(12)25-9-13)27-19(14)29-5-6-30-17(11-29)21(32)28-22(30)33/h1-4,7,9-10,32H,5-6,11,24H2,(H,28,33). The number of hydrogen-bond acceptors (Lipinski definition) is 8. The normalized spacial score (nSPS) is 13.4. The van der Waals surface area contributed by atoms with Crippen LogP contribution < -0.4 is 16.3 Å². The van der Waals surface area contributed by atoms with E-state index < -0.39 is 0 Å². The monoisotopic (exact) mass is 439 g/mol. The van der Waals surface area contributed by atoms with E-state index in [4.69, 9.17) is 10.7 Å². The molecule has 0 atom stereocenters. The van der Waals surface area contributed by atoms with E-state index in [0.29, 0.717) is 30.2 Å². The second-order valence-electron chi connectivity index (χ2n) is 7.82. The summed E-state index contributed by atoms with van der Waals surface area (Å²) in [4.78, 5) is 25.5. The molecule has 0 saturated carbocycles. The van der Waals surface area contributed by atoms with Crippen molar-refractivity contribution in [2.75, 3.05) is 17.2 Å². The van der Waals surface area contributed by atoms with Crippen molar-refractivity contribution in [1.29, 1.82) is 5.26 Å². The average molecular weight is 439 g/mol. The number of nitriles is 1. The SMILES string of the molecule is N#Cc1c(N2CCn3c(c(O)[nH]c3=O)C2)nc2c(-c3cnc4ccccc4c3)cnn2c1N. The Balaban J connectivity index is 1.52. The molecule has 0 fully saturated rings. The van der Waals surface area contributed by atoms with Crippen molar-refractivity contribution >= 4 is 28.2 Å². The largest absolute Gasteiger partial charge is 0.493 e. The molecular weight excluding hydrogens is 422 g/mol. The molecule has 6 rings (SSSR count). The third-order valence-electron chi connectivity index (χ3n) is 5.98. The molecular formula is C22H17N9O2. The summed E-state index contributed by atoms with van der Waals surface area (Å²) < 4.78 is 2.92. The van der Waals surface area contributed by atoms with Gasteiger partial charge in [-0.05, 0) is 12.1 Å². The number of nitrogens with two attached hydrogens (primary N) is 1. The number of nitrogens with one attached hydrogen (secondary N) is 1. The summed E-state index contributed by atoms with van der Waals surface area (Å²) in [6.07, 6.45) is 3.41. The molecule has 1 aliphatic rings. The first kappa shape index (κ1) is 18.9. The average Bonchev–Trinajstić information content (AvgIpc) is 3.39. The highest BCUT2D eigenvalue weighted by atomic mass is 16.3. The van der Waals surface area contributed by atoms with Crippen LogP contribution >= 0.6 is 0 Å². The van der Waals surface area contributed by atoms with Gasteiger partial charge in [-0.3, -0.25) is 14.5 Å². The maximum absolute atomic E-state index is 12.0. The zero-order valence-corrected chi connectivity index (χ0v) is 17.2. The number of H-pyrrole nitrogens is 1. The summed E-state index contributed by atoms with van der Waals surface area (Å²) >= 11 is 0. The molecule has 0 bridgehead atoms. The van der Waals surface area contributed by atoms with Crippen LogP contribution in [0.2, 0.25) is 0 Å². The molecule has 0 aliphatic carbocycles. The van der Waals surface area contributed by atoms with Crippen molar-refractivity contribution in [3.05, 3.63) is 64.5 Å². The quantitative estimate of drug-likeness (QED) is 0.375. The number of rotatable bonds is 2. The van der Waals surface area contributed by atoms with Gasteiger partial charge in [0.05, 0.1) is 18.3 Å². The van der Waals surface area contributed by atoms with Crippen LogP contribution in [0.1, 0.15) is 11.3 Å². The number of nitrogen functional groups attached to an aromatic ring is 1. The Bertz CT molecular complexity index is 1670. The number of nitrogens with zero attached hydrogens (tertiary/aromatic N) is 7.